The lowest BCUT2D eigenvalue weighted by Gasteiger charge is -2.22. The average Bonchev–Trinajstić information content (AvgIpc) is 3.77. The van der Waals surface area contributed by atoms with Crippen molar-refractivity contribution in [1.82, 2.24) is 19.1 Å². The summed E-state index contributed by atoms with van der Waals surface area (Å²) in [6.45, 7) is 4.74. The smallest absolute Gasteiger partial charge is 0.235 e. The Morgan fingerprint density at radius 1 is 0.471 bits per heavy atom. The van der Waals surface area contributed by atoms with E-state index in [4.69, 9.17) is 9.97 Å². The van der Waals surface area contributed by atoms with Crippen molar-refractivity contribution in [3.8, 4) is 34.0 Å². The third-order valence-corrected chi connectivity index (χ3v) is 11.1. The van der Waals surface area contributed by atoms with Crippen molar-refractivity contribution in [2.24, 2.45) is 0 Å². The molecule has 1 aliphatic carbocycles. The second-order valence-corrected chi connectivity index (χ2v) is 14.2. The molecule has 0 radical (unpaired) electrons. The molecule has 0 N–H and O–H groups in total. The molecule has 4 heteroatoms. The number of rotatable bonds is 3. The molecule has 0 spiro atoms. The molecule has 10 aromatic rings. The van der Waals surface area contributed by atoms with Gasteiger partial charge in [0.15, 0.2) is 0 Å². The molecular weight excluding hydrogens is 621 g/mol. The summed E-state index contributed by atoms with van der Waals surface area (Å²) in [5.41, 5.74) is 13.7. The third-order valence-electron chi connectivity index (χ3n) is 11.1. The van der Waals surface area contributed by atoms with Crippen LogP contribution in [0.15, 0.2) is 158 Å². The molecule has 0 bridgehead atoms. The molecule has 3 heterocycles. The minimum atomic E-state index is -0.185. The van der Waals surface area contributed by atoms with E-state index >= 15 is 0 Å². The first-order valence-electron chi connectivity index (χ1n) is 17.6. The van der Waals surface area contributed by atoms with Crippen LogP contribution in [0.1, 0.15) is 25.0 Å². The number of hydrogen-bond acceptors (Lipinski definition) is 2. The molecule has 0 atom stereocenters. The van der Waals surface area contributed by atoms with Gasteiger partial charge in [-0.15, -0.1) is 0 Å². The van der Waals surface area contributed by atoms with Crippen molar-refractivity contribution in [3.63, 3.8) is 0 Å². The number of fused-ring (bicyclic) bond motifs is 11. The highest BCUT2D eigenvalue weighted by atomic mass is 15.2. The summed E-state index contributed by atoms with van der Waals surface area (Å²) in [5, 5.41) is 5.99. The predicted octanol–water partition coefficient (Wildman–Crippen LogP) is 11.8. The Labute approximate surface area is 294 Å². The first kappa shape index (κ1) is 28.3. The van der Waals surface area contributed by atoms with Crippen LogP contribution in [0, 0.1) is 0 Å². The van der Waals surface area contributed by atoms with Crippen LogP contribution in [0.3, 0.4) is 0 Å². The lowest BCUT2D eigenvalue weighted by Crippen LogP contribution is -2.15. The summed E-state index contributed by atoms with van der Waals surface area (Å²) in [7, 11) is 0. The lowest BCUT2D eigenvalue weighted by molar-refractivity contribution is 0.666. The molecule has 240 valence electrons. The molecule has 0 unspecified atom stereocenters. The zero-order valence-electron chi connectivity index (χ0n) is 28.3. The molecular formula is C47H32N4. The van der Waals surface area contributed by atoms with Crippen LogP contribution in [0.25, 0.3) is 88.5 Å². The van der Waals surface area contributed by atoms with E-state index in [2.05, 4.69) is 181 Å². The maximum Gasteiger partial charge on any atom is 0.235 e. The van der Waals surface area contributed by atoms with Crippen LogP contribution in [0.5, 0.6) is 0 Å². The summed E-state index contributed by atoms with van der Waals surface area (Å²) in [5.74, 6) is 0.667. The van der Waals surface area contributed by atoms with Gasteiger partial charge in [-0.25, -0.2) is 9.97 Å². The van der Waals surface area contributed by atoms with E-state index < -0.39 is 0 Å². The standard InChI is InChI=1S/C47H32N4/c1-47(2)37-20-10-6-16-31(37)34-26-27-41-43(44(34)47)36-25-24-30(50-39-22-12-8-17-32(39)33-18-9-13-23-40(33)50)28-42(36)51(41)46-48-38-21-11-7-19-35(38)45(49-46)29-14-4-3-5-15-29/h3-28H,1-2H3. The Balaban J connectivity index is 1.29. The largest absolute Gasteiger partial charge is 0.309 e. The number of nitrogens with zero attached hydrogens (tertiary/aromatic N) is 4. The Hall–Kier alpha value is -6.52. The highest BCUT2D eigenvalue weighted by molar-refractivity contribution is 6.15. The molecule has 11 rings (SSSR count). The molecule has 7 aromatic carbocycles. The van der Waals surface area contributed by atoms with E-state index in [0.29, 0.717) is 5.95 Å². The summed E-state index contributed by atoms with van der Waals surface area (Å²) < 4.78 is 4.70. The van der Waals surface area contributed by atoms with Crippen LogP contribution in [-0.4, -0.2) is 19.1 Å². The van der Waals surface area contributed by atoms with Crippen LogP contribution >= 0.6 is 0 Å². The molecule has 4 nitrogen and oxygen atoms in total. The second-order valence-electron chi connectivity index (χ2n) is 14.2. The average molecular weight is 653 g/mol. The summed E-state index contributed by atoms with van der Waals surface area (Å²) >= 11 is 0. The van der Waals surface area contributed by atoms with Gasteiger partial charge >= 0.3 is 0 Å². The zero-order chi connectivity index (χ0) is 33.8. The Bertz CT molecular complexity index is 3000. The predicted molar refractivity (Wildman–Crippen MR) is 211 cm³/mol. The molecule has 1 aliphatic rings. The van der Waals surface area contributed by atoms with Crippen molar-refractivity contribution in [2.45, 2.75) is 19.3 Å². The topological polar surface area (TPSA) is 35.6 Å². The molecule has 0 fully saturated rings. The maximum absolute atomic E-state index is 5.42. The number of hydrogen-bond donors (Lipinski definition) is 0. The Kier molecular flexibility index (Phi) is 5.70. The van der Waals surface area contributed by atoms with E-state index in [9.17, 15) is 0 Å². The molecule has 3 aromatic heterocycles. The fraction of sp³-hybridized carbons (Fsp3) is 0.0638. The second kappa shape index (κ2) is 10.3. The Morgan fingerprint density at radius 3 is 1.92 bits per heavy atom. The van der Waals surface area contributed by atoms with Gasteiger partial charge in [0.2, 0.25) is 5.95 Å². The fourth-order valence-electron chi connectivity index (χ4n) is 8.90. The van der Waals surface area contributed by atoms with Gasteiger partial charge in [-0.05, 0) is 58.7 Å². The van der Waals surface area contributed by atoms with E-state index in [1.807, 2.05) is 0 Å². The van der Waals surface area contributed by atoms with Crippen molar-refractivity contribution in [1.29, 1.82) is 0 Å². The zero-order valence-corrected chi connectivity index (χ0v) is 28.3. The quantitative estimate of drug-likeness (QED) is 0.190. The van der Waals surface area contributed by atoms with Gasteiger partial charge < -0.3 is 4.57 Å². The lowest BCUT2D eigenvalue weighted by atomic mass is 9.80. The normalized spacial score (nSPS) is 13.5. The number of para-hydroxylation sites is 3. The van der Waals surface area contributed by atoms with E-state index in [1.54, 1.807) is 0 Å². The van der Waals surface area contributed by atoms with Crippen LogP contribution < -0.4 is 0 Å². The summed E-state index contributed by atoms with van der Waals surface area (Å²) in [6.07, 6.45) is 0. The van der Waals surface area contributed by atoms with Crippen molar-refractivity contribution >= 4 is 54.5 Å². The van der Waals surface area contributed by atoms with Crippen molar-refractivity contribution in [2.75, 3.05) is 0 Å². The van der Waals surface area contributed by atoms with Gasteiger partial charge in [-0.3, -0.25) is 4.57 Å². The number of benzene rings is 7. The van der Waals surface area contributed by atoms with Gasteiger partial charge in [0.1, 0.15) is 0 Å². The molecule has 0 saturated heterocycles. The van der Waals surface area contributed by atoms with E-state index in [-0.39, 0.29) is 5.41 Å². The van der Waals surface area contributed by atoms with Gasteiger partial charge in [-0.1, -0.05) is 135 Å². The number of aromatic nitrogens is 4. The van der Waals surface area contributed by atoms with Crippen LogP contribution in [-0.2, 0) is 5.41 Å². The highest BCUT2D eigenvalue weighted by Gasteiger charge is 2.38. The molecule has 51 heavy (non-hydrogen) atoms. The van der Waals surface area contributed by atoms with Crippen molar-refractivity contribution in [3.05, 3.63) is 169 Å². The van der Waals surface area contributed by atoms with E-state index in [1.165, 1.54) is 54.8 Å². The third kappa shape index (κ3) is 3.85. The monoisotopic (exact) mass is 652 g/mol. The summed E-state index contributed by atoms with van der Waals surface area (Å²) in [6, 6.07) is 56.7. The first-order valence-corrected chi connectivity index (χ1v) is 17.6. The molecule has 0 aliphatic heterocycles. The maximum atomic E-state index is 5.42. The van der Waals surface area contributed by atoms with Crippen molar-refractivity contribution < 1.29 is 0 Å². The summed E-state index contributed by atoms with van der Waals surface area (Å²) in [4.78, 5) is 10.7. The highest BCUT2D eigenvalue weighted by Crippen LogP contribution is 2.53. The molecule has 0 amide bonds. The SMILES string of the molecule is CC1(C)c2ccccc2-c2ccc3c(c21)c1ccc(-n2c4ccccc4c4ccccc42)cc1n3-c1nc(-c2ccccc2)c2ccccc2n1. The van der Waals surface area contributed by atoms with Crippen LogP contribution in [0.4, 0.5) is 0 Å². The van der Waals surface area contributed by atoms with Gasteiger partial charge in [0, 0.05) is 43.6 Å². The van der Waals surface area contributed by atoms with Gasteiger partial charge in [0.25, 0.3) is 0 Å². The van der Waals surface area contributed by atoms with Gasteiger partial charge in [0.05, 0.1) is 33.3 Å². The van der Waals surface area contributed by atoms with Gasteiger partial charge in [-0.2, -0.15) is 0 Å². The van der Waals surface area contributed by atoms with E-state index in [0.717, 1.165) is 38.9 Å². The minimum Gasteiger partial charge on any atom is -0.309 e. The first-order chi connectivity index (χ1) is 25.1. The molecule has 0 saturated carbocycles. The minimum absolute atomic E-state index is 0.185. The fourth-order valence-corrected chi connectivity index (χ4v) is 8.90. The Morgan fingerprint density at radius 2 is 1.14 bits per heavy atom. The van der Waals surface area contributed by atoms with Crippen LogP contribution in [0.2, 0.25) is 0 Å².